The minimum absolute atomic E-state index is 0.0738. The first kappa shape index (κ1) is 14.8. The van der Waals surface area contributed by atoms with Crippen LogP contribution >= 0.6 is 0 Å². The molecule has 0 spiro atoms. The Bertz CT molecular complexity index is 872. The van der Waals surface area contributed by atoms with E-state index in [1.54, 1.807) is 30.3 Å². The first-order chi connectivity index (χ1) is 11.2. The molecule has 0 aliphatic rings. The van der Waals surface area contributed by atoms with Crippen LogP contribution in [0.1, 0.15) is 17.2 Å². The van der Waals surface area contributed by atoms with Gasteiger partial charge in [-0.1, -0.05) is 60.7 Å². The Kier molecular flexibility index (Phi) is 4.06. The van der Waals surface area contributed by atoms with E-state index in [1.165, 1.54) is 6.21 Å². The quantitative estimate of drug-likeness (QED) is 0.720. The molecule has 0 aliphatic carbocycles. The predicted molar refractivity (Wildman–Crippen MR) is 90.0 cm³/mol. The van der Waals surface area contributed by atoms with Gasteiger partial charge in [0, 0.05) is 11.8 Å². The Hall–Kier alpha value is -3.14. The van der Waals surface area contributed by atoms with Gasteiger partial charge in [-0.25, -0.2) is 4.79 Å². The van der Waals surface area contributed by atoms with E-state index in [4.69, 9.17) is 0 Å². The molecule has 2 N–H and O–H groups in total. The summed E-state index contributed by atoms with van der Waals surface area (Å²) < 4.78 is 0. The molecule has 3 aromatic rings. The van der Waals surface area contributed by atoms with E-state index < -0.39 is 12.0 Å². The zero-order valence-electron chi connectivity index (χ0n) is 12.3. The van der Waals surface area contributed by atoms with Crippen molar-refractivity contribution in [3.05, 3.63) is 77.9 Å². The fraction of sp³-hybridized carbons (Fsp3) is 0.0526. The van der Waals surface area contributed by atoms with E-state index in [0.29, 0.717) is 11.1 Å². The number of phenols is 1. The minimum Gasteiger partial charge on any atom is -0.507 e. The number of rotatable bonds is 4. The van der Waals surface area contributed by atoms with Gasteiger partial charge in [-0.2, -0.15) is 0 Å². The SMILES string of the molecule is O=C(O)C(N=Cc1c(O)ccc2ccccc12)c1ccccc1. The molecule has 3 aromatic carbocycles. The fourth-order valence-electron chi connectivity index (χ4n) is 2.50. The molecule has 0 aromatic heterocycles. The summed E-state index contributed by atoms with van der Waals surface area (Å²) in [5.74, 6) is -0.961. The van der Waals surface area contributed by atoms with E-state index in [2.05, 4.69) is 4.99 Å². The van der Waals surface area contributed by atoms with Crippen molar-refractivity contribution in [2.45, 2.75) is 6.04 Å². The molecule has 0 saturated carbocycles. The Labute approximate surface area is 133 Å². The number of carboxylic acid groups (broad SMARTS) is 1. The summed E-state index contributed by atoms with van der Waals surface area (Å²) >= 11 is 0. The van der Waals surface area contributed by atoms with Gasteiger partial charge in [-0.15, -0.1) is 0 Å². The average Bonchev–Trinajstić information content (AvgIpc) is 2.57. The van der Waals surface area contributed by atoms with Crippen LogP contribution in [0.15, 0.2) is 71.7 Å². The molecule has 0 saturated heterocycles. The number of aliphatic carboxylic acids is 1. The highest BCUT2D eigenvalue weighted by molar-refractivity contribution is 6.02. The van der Waals surface area contributed by atoms with Crippen molar-refractivity contribution < 1.29 is 15.0 Å². The third-order valence-corrected chi connectivity index (χ3v) is 3.65. The van der Waals surface area contributed by atoms with Crippen LogP contribution in [0.4, 0.5) is 0 Å². The number of hydrogen-bond acceptors (Lipinski definition) is 3. The van der Waals surface area contributed by atoms with Gasteiger partial charge in [0.15, 0.2) is 6.04 Å². The lowest BCUT2D eigenvalue weighted by Crippen LogP contribution is -2.09. The summed E-state index contributed by atoms with van der Waals surface area (Å²) in [6.07, 6.45) is 1.43. The van der Waals surface area contributed by atoms with Crippen LogP contribution in [0.5, 0.6) is 5.75 Å². The van der Waals surface area contributed by atoms with Gasteiger partial charge in [-0.05, 0) is 22.4 Å². The molecule has 0 heterocycles. The largest absolute Gasteiger partial charge is 0.507 e. The topological polar surface area (TPSA) is 69.9 Å². The molecule has 114 valence electrons. The maximum absolute atomic E-state index is 11.5. The highest BCUT2D eigenvalue weighted by atomic mass is 16.4. The van der Waals surface area contributed by atoms with E-state index >= 15 is 0 Å². The van der Waals surface area contributed by atoms with Crippen molar-refractivity contribution in [3.8, 4) is 5.75 Å². The Morgan fingerprint density at radius 2 is 1.65 bits per heavy atom. The molecule has 0 amide bonds. The number of hydrogen-bond donors (Lipinski definition) is 2. The standard InChI is InChI=1S/C19H15NO3/c21-17-11-10-13-6-4-5-9-15(13)16(17)12-20-18(19(22)23)14-7-2-1-3-8-14/h1-12,18,21H,(H,22,23). The first-order valence-electron chi connectivity index (χ1n) is 7.18. The number of benzene rings is 3. The number of carboxylic acids is 1. The van der Waals surface area contributed by atoms with Gasteiger partial charge in [0.2, 0.25) is 0 Å². The maximum Gasteiger partial charge on any atom is 0.333 e. The third kappa shape index (κ3) is 3.06. The van der Waals surface area contributed by atoms with Crippen LogP contribution in [0, 0.1) is 0 Å². The molecule has 1 atom stereocenters. The molecule has 0 radical (unpaired) electrons. The predicted octanol–water partition coefficient (Wildman–Crippen LogP) is 3.79. The minimum atomic E-state index is -1.04. The van der Waals surface area contributed by atoms with Crippen molar-refractivity contribution in [1.29, 1.82) is 0 Å². The Balaban J connectivity index is 2.05. The van der Waals surface area contributed by atoms with Crippen molar-refractivity contribution in [1.82, 2.24) is 0 Å². The number of aromatic hydroxyl groups is 1. The monoisotopic (exact) mass is 305 g/mol. The van der Waals surface area contributed by atoms with E-state index in [0.717, 1.165) is 10.8 Å². The van der Waals surface area contributed by atoms with Crippen LogP contribution < -0.4 is 0 Å². The second kappa shape index (κ2) is 6.32. The van der Waals surface area contributed by atoms with Gasteiger partial charge in [0.05, 0.1) is 0 Å². The maximum atomic E-state index is 11.5. The van der Waals surface area contributed by atoms with Crippen LogP contribution in [-0.2, 0) is 4.79 Å². The van der Waals surface area contributed by atoms with Gasteiger partial charge < -0.3 is 10.2 Å². The Morgan fingerprint density at radius 3 is 2.39 bits per heavy atom. The summed E-state index contributed by atoms with van der Waals surface area (Å²) in [5, 5.41) is 21.3. The van der Waals surface area contributed by atoms with Gasteiger partial charge >= 0.3 is 5.97 Å². The van der Waals surface area contributed by atoms with Crippen LogP contribution in [-0.4, -0.2) is 22.4 Å². The molecule has 4 heteroatoms. The van der Waals surface area contributed by atoms with Crippen LogP contribution in [0.3, 0.4) is 0 Å². The highest BCUT2D eigenvalue weighted by Crippen LogP contribution is 2.26. The summed E-state index contributed by atoms with van der Waals surface area (Å²) in [7, 11) is 0. The molecule has 23 heavy (non-hydrogen) atoms. The van der Waals surface area contributed by atoms with Crippen molar-refractivity contribution in [2.24, 2.45) is 4.99 Å². The molecule has 4 nitrogen and oxygen atoms in total. The van der Waals surface area contributed by atoms with Gasteiger partial charge in [0.25, 0.3) is 0 Å². The van der Waals surface area contributed by atoms with Crippen molar-refractivity contribution in [2.75, 3.05) is 0 Å². The Morgan fingerprint density at radius 1 is 0.957 bits per heavy atom. The molecule has 3 rings (SSSR count). The number of nitrogens with zero attached hydrogens (tertiary/aromatic N) is 1. The lowest BCUT2D eigenvalue weighted by atomic mass is 10.0. The van der Waals surface area contributed by atoms with E-state index in [1.807, 2.05) is 36.4 Å². The van der Waals surface area contributed by atoms with E-state index in [9.17, 15) is 15.0 Å². The lowest BCUT2D eigenvalue weighted by Gasteiger charge is -2.09. The zero-order chi connectivity index (χ0) is 16.2. The molecular weight excluding hydrogens is 290 g/mol. The number of carbonyl (C=O) groups is 1. The fourth-order valence-corrected chi connectivity index (χ4v) is 2.50. The summed E-state index contributed by atoms with van der Waals surface area (Å²) in [6.45, 7) is 0. The summed E-state index contributed by atoms with van der Waals surface area (Å²) in [5.41, 5.74) is 1.11. The number of phenolic OH excluding ortho intramolecular Hbond substituents is 1. The second-order valence-electron chi connectivity index (χ2n) is 5.15. The van der Waals surface area contributed by atoms with Crippen LogP contribution in [0.25, 0.3) is 10.8 Å². The molecule has 0 fully saturated rings. The van der Waals surface area contributed by atoms with E-state index in [-0.39, 0.29) is 5.75 Å². The number of fused-ring (bicyclic) bond motifs is 1. The second-order valence-corrected chi connectivity index (χ2v) is 5.15. The molecule has 0 aliphatic heterocycles. The van der Waals surface area contributed by atoms with Crippen molar-refractivity contribution in [3.63, 3.8) is 0 Å². The number of aliphatic imine (C=N–C) groups is 1. The normalized spacial score (nSPS) is 12.5. The van der Waals surface area contributed by atoms with Crippen molar-refractivity contribution >= 4 is 23.0 Å². The average molecular weight is 305 g/mol. The van der Waals surface area contributed by atoms with Gasteiger partial charge in [0.1, 0.15) is 5.75 Å². The summed E-state index contributed by atoms with van der Waals surface area (Å²) in [6, 6.07) is 18.8. The lowest BCUT2D eigenvalue weighted by molar-refractivity contribution is -0.138. The summed E-state index contributed by atoms with van der Waals surface area (Å²) in [4.78, 5) is 15.7. The zero-order valence-corrected chi connectivity index (χ0v) is 12.3. The van der Waals surface area contributed by atoms with Gasteiger partial charge in [-0.3, -0.25) is 4.99 Å². The third-order valence-electron chi connectivity index (χ3n) is 3.65. The highest BCUT2D eigenvalue weighted by Gasteiger charge is 2.17. The molecular formula is C19H15NO3. The van der Waals surface area contributed by atoms with Crippen LogP contribution in [0.2, 0.25) is 0 Å². The molecule has 0 bridgehead atoms. The molecule has 1 unspecified atom stereocenters. The first-order valence-corrected chi connectivity index (χ1v) is 7.18. The smallest absolute Gasteiger partial charge is 0.333 e.